The van der Waals surface area contributed by atoms with E-state index in [9.17, 15) is 9.59 Å². The summed E-state index contributed by atoms with van der Waals surface area (Å²) in [4.78, 5) is 23.4. The summed E-state index contributed by atoms with van der Waals surface area (Å²) >= 11 is 0. The third-order valence-corrected chi connectivity index (χ3v) is 2.17. The molecule has 0 bridgehead atoms. The van der Waals surface area contributed by atoms with Gasteiger partial charge in [0.25, 0.3) is 0 Å². The van der Waals surface area contributed by atoms with Gasteiger partial charge in [0, 0.05) is 13.1 Å². The van der Waals surface area contributed by atoms with Gasteiger partial charge in [0.15, 0.2) is 0 Å². The standard InChI is InChI=1S/C8H14N2O3/c9-6(8(12)13)5-7(11)10-3-1-2-4-10/h6H,1-5,9H2,(H,12,13)/t6-/m0/s1. The van der Waals surface area contributed by atoms with Crippen molar-refractivity contribution in [2.24, 2.45) is 5.73 Å². The quantitative estimate of drug-likeness (QED) is 0.617. The Morgan fingerprint density at radius 3 is 2.38 bits per heavy atom. The highest BCUT2D eigenvalue weighted by molar-refractivity contribution is 5.84. The Morgan fingerprint density at radius 2 is 1.92 bits per heavy atom. The summed E-state index contributed by atoms with van der Waals surface area (Å²) in [6.45, 7) is 1.48. The number of amides is 1. The van der Waals surface area contributed by atoms with Crippen LogP contribution in [0.5, 0.6) is 0 Å². The maximum atomic E-state index is 11.3. The average Bonchev–Trinajstić information content (AvgIpc) is 2.55. The van der Waals surface area contributed by atoms with Crippen LogP contribution in [0, 0.1) is 0 Å². The van der Waals surface area contributed by atoms with E-state index in [0.717, 1.165) is 25.9 Å². The summed E-state index contributed by atoms with van der Waals surface area (Å²) in [7, 11) is 0. The molecule has 5 nitrogen and oxygen atoms in total. The number of carboxylic acids is 1. The molecular weight excluding hydrogens is 172 g/mol. The number of hydrogen-bond donors (Lipinski definition) is 2. The van der Waals surface area contributed by atoms with Crippen molar-refractivity contribution >= 4 is 11.9 Å². The van der Waals surface area contributed by atoms with E-state index in [1.165, 1.54) is 0 Å². The number of nitrogens with zero attached hydrogens (tertiary/aromatic N) is 1. The molecule has 0 aromatic carbocycles. The van der Waals surface area contributed by atoms with Crippen LogP contribution in [0.2, 0.25) is 0 Å². The van der Waals surface area contributed by atoms with Crippen molar-refractivity contribution in [3.8, 4) is 0 Å². The minimum absolute atomic E-state index is 0.0880. The first-order valence-corrected chi connectivity index (χ1v) is 4.37. The molecule has 0 aromatic rings. The van der Waals surface area contributed by atoms with Gasteiger partial charge in [-0.15, -0.1) is 0 Å². The van der Waals surface area contributed by atoms with Gasteiger partial charge in [-0.1, -0.05) is 0 Å². The first-order valence-electron chi connectivity index (χ1n) is 4.37. The lowest BCUT2D eigenvalue weighted by molar-refractivity contribution is -0.142. The van der Waals surface area contributed by atoms with E-state index in [0.29, 0.717) is 0 Å². The molecule has 0 saturated carbocycles. The number of carbonyl (C=O) groups excluding carboxylic acids is 1. The van der Waals surface area contributed by atoms with Gasteiger partial charge >= 0.3 is 5.97 Å². The van der Waals surface area contributed by atoms with Crippen molar-refractivity contribution < 1.29 is 14.7 Å². The van der Waals surface area contributed by atoms with Gasteiger partial charge in [-0.05, 0) is 12.8 Å². The number of rotatable bonds is 3. The van der Waals surface area contributed by atoms with Crippen LogP contribution in [0.4, 0.5) is 0 Å². The van der Waals surface area contributed by atoms with Gasteiger partial charge < -0.3 is 15.7 Å². The Balaban J connectivity index is 2.35. The van der Waals surface area contributed by atoms with E-state index >= 15 is 0 Å². The monoisotopic (exact) mass is 186 g/mol. The molecule has 3 N–H and O–H groups in total. The zero-order valence-corrected chi connectivity index (χ0v) is 7.40. The van der Waals surface area contributed by atoms with Gasteiger partial charge in [0.1, 0.15) is 6.04 Å². The fraction of sp³-hybridized carbons (Fsp3) is 0.750. The number of likely N-dealkylation sites (tertiary alicyclic amines) is 1. The van der Waals surface area contributed by atoms with Crippen LogP contribution >= 0.6 is 0 Å². The van der Waals surface area contributed by atoms with Crippen molar-refractivity contribution in [2.75, 3.05) is 13.1 Å². The lowest BCUT2D eigenvalue weighted by atomic mass is 10.2. The topological polar surface area (TPSA) is 83.6 Å². The summed E-state index contributed by atoms with van der Waals surface area (Å²) in [5.41, 5.74) is 5.24. The molecule has 1 fully saturated rings. The number of hydrogen-bond acceptors (Lipinski definition) is 3. The highest BCUT2D eigenvalue weighted by atomic mass is 16.4. The minimum atomic E-state index is -1.12. The maximum Gasteiger partial charge on any atom is 0.321 e. The molecule has 1 rings (SSSR count). The van der Waals surface area contributed by atoms with Gasteiger partial charge in [-0.2, -0.15) is 0 Å². The van der Waals surface area contributed by atoms with E-state index in [1.807, 2.05) is 0 Å². The zero-order chi connectivity index (χ0) is 9.84. The maximum absolute atomic E-state index is 11.3. The SMILES string of the molecule is N[C@@H](CC(=O)N1CCCC1)C(=O)O. The molecule has 0 spiro atoms. The summed E-state index contributed by atoms with van der Waals surface area (Å²) in [5, 5.41) is 8.48. The Bertz CT molecular complexity index is 211. The van der Waals surface area contributed by atoms with E-state index in [4.69, 9.17) is 10.8 Å². The first-order chi connectivity index (χ1) is 6.11. The fourth-order valence-corrected chi connectivity index (χ4v) is 1.37. The van der Waals surface area contributed by atoms with E-state index in [2.05, 4.69) is 0 Å². The number of nitrogens with two attached hydrogens (primary N) is 1. The molecule has 1 atom stereocenters. The van der Waals surface area contributed by atoms with Crippen LogP contribution in [0.3, 0.4) is 0 Å². The normalized spacial score (nSPS) is 18.7. The summed E-state index contributed by atoms with van der Waals surface area (Å²) in [6, 6.07) is -1.06. The second kappa shape index (κ2) is 4.23. The lowest BCUT2D eigenvalue weighted by Crippen LogP contribution is -2.38. The Hall–Kier alpha value is -1.10. The molecule has 5 heteroatoms. The highest BCUT2D eigenvalue weighted by Gasteiger charge is 2.22. The number of carboxylic acid groups (broad SMARTS) is 1. The van der Waals surface area contributed by atoms with E-state index in [-0.39, 0.29) is 12.3 Å². The van der Waals surface area contributed by atoms with Crippen LogP contribution in [0.15, 0.2) is 0 Å². The predicted octanol–water partition coefficient (Wildman–Crippen LogP) is -0.589. The van der Waals surface area contributed by atoms with Gasteiger partial charge in [0.05, 0.1) is 6.42 Å². The molecular formula is C8H14N2O3. The molecule has 13 heavy (non-hydrogen) atoms. The molecule has 0 aliphatic carbocycles. The van der Waals surface area contributed by atoms with Crippen molar-refractivity contribution in [2.45, 2.75) is 25.3 Å². The molecule has 0 radical (unpaired) electrons. The van der Waals surface area contributed by atoms with Crippen LogP contribution < -0.4 is 5.73 Å². The lowest BCUT2D eigenvalue weighted by Gasteiger charge is -2.16. The molecule has 1 amide bonds. The van der Waals surface area contributed by atoms with Crippen molar-refractivity contribution in [3.05, 3.63) is 0 Å². The van der Waals surface area contributed by atoms with Crippen molar-refractivity contribution in [1.82, 2.24) is 4.90 Å². The number of aliphatic carboxylic acids is 1. The Morgan fingerprint density at radius 1 is 1.38 bits per heavy atom. The van der Waals surface area contributed by atoms with E-state index in [1.54, 1.807) is 4.90 Å². The zero-order valence-electron chi connectivity index (χ0n) is 7.40. The third kappa shape index (κ3) is 2.69. The Labute approximate surface area is 76.5 Å². The molecule has 0 unspecified atom stereocenters. The van der Waals surface area contributed by atoms with Gasteiger partial charge in [-0.25, -0.2) is 0 Å². The van der Waals surface area contributed by atoms with Crippen LogP contribution in [-0.2, 0) is 9.59 Å². The molecule has 0 aromatic heterocycles. The van der Waals surface area contributed by atoms with Crippen LogP contribution in [-0.4, -0.2) is 41.0 Å². The van der Waals surface area contributed by atoms with Crippen LogP contribution in [0.25, 0.3) is 0 Å². The predicted molar refractivity (Wildman–Crippen MR) is 46.0 cm³/mol. The molecule has 1 aliphatic rings. The van der Waals surface area contributed by atoms with Crippen molar-refractivity contribution in [1.29, 1.82) is 0 Å². The largest absolute Gasteiger partial charge is 0.480 e. The fourth-order valence-electron chi connectivity index (χ4n) is 1.37. The Kier molecular flexibility index (Phi) is 3.25. The molecule has 1 saturated heterocycles. The first kappa shape index (κ1) is 9.98. The second-order valence-corrected chi connectivity index (χ2v) is 3.24. The van der Waals surface area contributed by atoms with Crippen LogP contribution in [0.1, 0.15) is 19.3 Å². The summed E-state index contributed by atoms with van der Waals surface area (Å²) in [5.74, 6) is -1.26. The van der Waals surface area contributed by atoms with Gasteiger partial charge in [0.2, 0.25) is 5.91 Å². The second-order valence-electron chi connectivity index (χ2n) is 3.24. The highest BCUT2D eigenvalue weighted by Crippen LogP contribution is 2.09. The minimum Gasteiger partial charge on any atom is -0.480 e. The molecule has 1 aliphatic heterocycles. The molecule has 74 valence electrons. The third-order valence-electron chi connectivity index (χ3n) is 2.17. The number of carbonyl (C=O) groups is 2. The average molecular weight is 186 g/mol. The smallest absolute Gasteiger partial charge is 0.321 e. The summed E-state index contributed by atoms with van der Waals surface area (Å²) in [6.07, 6.45) is 1.93. The summed E-state index contributed by atoms with van der Waals surface area (Å²) < 4.78 is 0. The van der Waals surface area contributed by atoms with Gasteiger partial charge in [-0.3, -0.25) is 9.59 Å². The van der Waals surface area contributed by atoms with E-state index < -0.39 is 12.0 Å². The molecule has 1 heterocycles. The van der Waals surface area contributed by atoms with Crippen molar-refractivity contribution in [3.63, 3.8) is 0 Å².